The predicted octanol–water partition coefficient (Wildman–Crippen LogP) is 3.10. The van der Waals surface area contributed by atoms with Crippen molar-refractivity contribution in [1.82, 2.24) is 0 Å². The molecule has 5 heteroatoms. The Labute approximate surface area is 117 Å². The average molecular weight is 283 g/mol. The molecule has 110 valence electrons. The van der Waals surface area contributed by atoms with Crippen molar-refractivity contribution in [2.45, 2.75) is 37.3 Å². The summed E-state index contributed by atoms with van der Waals surface area (Å²) >= 11 is 0. The first-order valence-corrected chi connectivity index (χ1v) is 7.11. The summed E-state index contributed by atoms with van der Waals surface area (Å²) in [6, 6.07) is 4.33. The third kappa shape index (κ3) is 2.79. The summed E-state index contributed by atoms with van der Waals surface area (Å²) in [5, 5.41) is 3.13. The van der Waals surface area contributed by atoms with Crippen LogP contribution in [0, 0.1) is 11.6 Å². The molecule has 0 aliphatic carbocycles. The number of benzene rings is 1. The van der Waals surface area contributed by atoms with Crippen molar-refractivity contribution in [2.75, 3.05) is 25.1 Å². The van der Waals surface area contributed by atoms with Crippen LogP contribution in [0.4, 0.5) is 14.5 Å². The third-order valence-corrected chi connectivity index (χ3v) is 4.21. The van der Waals surface area contributed by atoms with Crippen molar-refractivity contribution < 1.29 is 18.3 Å². The maximum Gasteiger partial charge on any atom is 0.181 e. The SMILES string of the molecule is Fc1cccc(NC2CCOC3(CCOCC3)C2)c1F. The second-order valence-electron chi connectivity index (χ2n) is 5.58. The lowest BCUT2D eigenvalue weighted by Crippen LogP contribution is -2.47. The van der Waals surface area contributed by atoms with Crippen molar-refractivity contribution in [2.24, 2.45) is 0 Å². The molecule has 0 aromatic heterocycles. The summed E-state index contributed by atoms with van der Waals surface area (Å²) in [6.07, 6.45) is 3.36. The number of ether oxygens (including phenoxy) is 2. The van der Waals surface area contributed by atoms with Crippen LogP contribution in [0.3, 0.4) is 0 Å². The molecule has 3 rings (SSSR count). The Morgan fingerprint density at radius 2 is 1.95 bits per heavy atom. The van der Waals surface area contributed by atoms with Crippen LogP contribution in [-0.4, -0.2) is 31.5 Å². The Morgan fingerprint density at radius 1 is 1.15 bits per heavy atom. The normalized spacial score (nSPS) is 25.6. The van der Waals surface area contributed by atoms with Gasteiger partial charge in [-0.05, 0) is 37.8 Å². The predicted molar refractivity (Wildman–Crippen MR) is 71.7 cm³/mol. The Hall–Kier alpha value is -1.20. The zero-order chi connectivity index (χ0) is 14.0. The quantitative estimate of drug-likeness (QED) is 0.904. The summed E-state index contributed by atoms with van der Waals surface area (Å²) in [4.78, 5) is 0. The van der Waals surface area contributed by atoms with Crippen LogP contribution in [0.1, 0.15) is 25.7 Å². The van der Waals surface area contributed by atoms with Gasteiger partial charge < -0.3 is 14.8 Å². The van der Waals surface area contributed by atoms with Gasteiger partial charge in [-0.2, -0.15) is 0 Å². The molecular formula is C15H19F2NO2. The monoisotopic (exact) mass is 283 g/mol. The Morgan fingerprint density at radius 3 is 2.75 bits per heavy atom. The molecule has 0 radical (unpaired) electrons. The van der Waals surface area contributed by atoms with Crippen LogP contribution in [0.2, 0.25) is 0 Å². The highest BCUT2D eigenvalue weighted by molar-refractivity contribution is 5.46. The van der Waals surface area contributed by atoms with Crippen molar-refractivity contribution in [1.29, 1.82) is 0 Å². The molecule has 1 atom stereocenters. The lowest BCUT2D eigenvalue weighted by molar-refractivity contribution is -0.135. The van der Waals surface area contributed by atoms with E-state index in [0.29, 0.717) is 19.8 Å². The van der Waals surface area contributed by atoms with Crippen LogP contribution < -0.4 is 5.32 Å². The van der Waals surface area contributed by atoms with Gasteiger partial charge in [-0.1, -0.05) is 6.07 Å². The number of halogens is 2. The van der Waals surface area contributed by atoms with Gasteiger partial charge in [-0.15, -0.1) is 0 Å². The average Bonchev–Trinajstić information content (AvgIpc) is 2.45. The molecule has 1 spiro atoms. The molecule has 0 amide bonds. The van der Waals surface area contributed by atoms with E-state index in [1.165, 1.54) is 6.07 Å². The van der Waals surface area contributed by atoms with Crippen molar-refractivity contribution >= 4 is 5.69 Å². The summed E-state index contributed by atoms with van der Waals surface area (Å²) < 4.78 is 38.2. The Kier molecular flexibility index (Phi) is 3.89. The molecule has 2 fully saturated rings. The van der Waals surface area contributed by atoms with Crippen molar-refractivity contribution in [3.63, 3.8) is 0 Å². The van der Waals surface area contributed by atoms with Gasteiger partial charge in [0, 0.05) is 25.9 Å². The molecule has 1 aromatic rings. The number of hydrogen-bond acceptors (Lipinski definition) is 3. The van der Waals surface area contributed by atoms with Gasteiger partial charge in [-0.25, -0.2) is 8.78 Å². The molecule has 0 saturated carbocycles. The molecule has 20 heavy (non-hydrogen) atoms. The zero-order valence-electron chi connectivity index (χ0n) is 11.3. The topological polar surface area (TPSA) is 30.5 Å². The van der Waals surface area contributed by atoms with Crippen LogP contribution in [-0.2, 0) is 9.47 Å². The summed E-state index contributed by atoms with van der Waals surface area (Å²) in [5.41, 5.74) is 0.0805. The second kappa shape index (κ2) is 5.66. The molecule has 2 heterocycles. The molecular weight excluding hydrogens is 264 g/mol. The number of rotatable bonds is 2. The number of hydrogen-bond donors (Lipinski definition) is 1. The van der Waals surface area contributed by atoms with E-state index < -0.39 is 11.6 Å². The number of nitrogens with one attached hydrogen (secondary N) is 1. The fourth-order valence-electron chi connectivity index (χ4n) is 3.08. The van der Waals surface area contributed by atoms with Gasteiger partial charge in [-0.3, -0.25) is 0 Å². The van der Waals surface area contributed by atoms with Gasteiger partial charge in [0.25, 0.3) is 0 Å². The van der Waals surface area contributed by atoms with Gasteiger partial charge in [0.2, 0.25) is 0 Å². The molecule has 1 N–H and O–H groups in total. The van der Waals surface area contributed by atoms with Crippen molar-refractivity contribution in [3.8, 4) is 0 Å². The van der Waals surface area contributed by atoms with Crippen LogP contribution in [0.15, 0.2) is 18.2 Å². The Bertz CT molecular complexity index is 469. The largest absolute Gasteiger partial charge is 0.381 e. The second-order valence-corrected chi connectivity index (χ2v) is 5.58. The van der Waals surface area contributed by atoms with E-state index in [1.807, 2.05) is 0 Å². The highest BCUT2D eigenvalue weighted by Crippen LogP contribution is 2.35. The molecule has 0 bridgehead atoms. The van der Waals surface area contributed by atoms with E-state index in [-0.39, 0.29) is 17.3 Å². The smallest absolute Gasteiger partial charge is 0.181 e. The number of anilines is 1. The van der Waals surface area contributed by atoms with Gasteiger partial charge in [0.05, 0.1) is 11.3 Å². The lowest BCUT2D eigenvalue weighted by Gasteiger charge is -2.43. The van der Waals surface area contributed by atoms with Gasteiger partial charge in [0.15, 0.2) is 11.6 Å². The minimum absolute atomic E-state index is 0.109. The summed E-state index contributed by atoms with van der Waals surface area (Å²) in [5.74, 6) is -1.62. The van der Waals surface area contributed by atoms with E-state index in [4.69, 9.17) is 9.47 Å². The molecule has 3 nitrogen and oxygen atoms in total. The highest BCUT2D eigenvalue weighted by Gasteiger charge is 2.39. The summed E-state index contributed by atoms with van der Waals surface area (Å²) in [6.45, 7) is 2.07. The fraction of sp³-hybridized carbons (Fsp3) is 0.600. The highest BCUT2D eigenvalue weighted by atomic mass is 19.2. The van der Waals surface area contributed by atoms with Crippen LogP contribution >= 0.6 is 0 Å². The first kappa shape index (κ1) is 13.8. The first-order chi connectivity index (χ1) is 9.69. The van der Waals surface area contributed by atoms with E-state index in [1.54, 1.807) is 6.07 Å². The molecule has 2 saturated heterocycles. The molecule has 1 unspecified atom stereocenters. The maximum atomic E-state index is 13.7. The standard InChI is InChI=1S/C15H19F2NO2/c16-12-2-1-3-13(14(12)17)18-11-4-7-20-15(10-11)5-8-19-9-6-15/h1-3,11,18H,4-10H2. The summed E-state index contributed by atoms with van der Waals surface area (Å²) in [7, 11) is 0. The van der Waals surface area contributed by atoms with Crippen molar-refractivity contribution in [3.05, 3.63) is 29.8 Å². The third-order valence-electron chi connectivity index (χ3n) is 4.21. The lowest BCUT2D eigenvalue weighted by atomic mass is 9.84. The zero-order valence-corrected chi connectivity index (χ0v) is 11.3. The molecule has 2 aliphatic rings. The fourth-order valence-corrected chi connectivity index (χ4v) is 3.08. The van der Waals surface area contributed by atoms with Gasteiger partial charge >= 0.3 is 0 Å². The molecule has 2 aliphatic heterocycles. The minimum Gasteiger partial charge on any atom is -0.381 e. The van der Waals surface area contributed by atoms with E-state index in [2.05, 4.69) is 5.32 Å². The van der Waals surface area contributed by atoms with Crippen LogP contribution in [0.25, 0.3) is 0 Å². The van der Waals surface area contributed by atoms with Gasteiger partial charge in [0.1, 0.15) is 0 Å². The van der Waals surface area contributed by atoms with Crippen LogP contribution in [0.5, 0.6) is 0 Å². The van der Waals surface area contributed by atoms with E-state index >= 15 is 0 Å². The minimum atomic E-state index is -0.817. The maximum absolute atomic E-state index is 13.7. The first-order valence-electron chi connectivity index (χ1n) is 7.11. The molecule has 1 aromatic carbocycles. The Balaban J connectivity index is 1.69. The van der Waals surface area contributed by atoms with E-state index in [0.717, 1.165) is 31.7 Å². The van der Waals surface area contributed by atoms with E-state index in [9.17, 15) is 8.78 Å².